The molecule has 134 valence electrons. The molecule has 0 fully saturated rings. The van der Waals surface area contributed by atoms with Crippen molar-refractivity contribution in [1.29, 1.82) is 0 Å². The molecule has 4 aromatic rings. The second-order valence-electron chi connectivity index (χ2n) is 5.83. The Hall–Kier alpha value is -3.74. The number of nitrogens with zero attached hydrogens (tertiary/aromatic N) is 3. The summed E-state index contributed by atoms with van der Waals surface area (Å²) in [7, 11) is 0. The van der Waals surface area contributed by atoms with Gasteiger partial charge in [-0.3, -0.25) is 5.10 Å². The number of hydrogen-bond donors (Lipinski definition) is 2. The number of H-pyrrole nitrogens is 1. The zero-order valence-corrected chi connectivity index (χ0v) is 14.4. The SMILES string of the molecule is O=C(OCCNc1ncnc2ccccc12)c1cn[nH]c1-c1ccccc1. The third kappa shape index (κ3) is 3.62. The maximum atomic E-state index is 12.4. The number of para-hydroxylation sites is 1. The first-order valence-electron chi connectivity index (χ1n) is 8.52. The Labute approximate surface area is 155 Å². The number of carbonyl (C=O) groups is 1. The summed E-state index contributed by atoms with van der Waals surface area (Å²) in [6, 6.07) is 17.3. The van der Waals surface area contributed by atoms with Crippen molar-refractivity contribution in [3.05, 3.63) is 72.7 Å². The molecule has 0 aliphatic heterocycles. The molecule has 2 heterocycles. The van der Waals surface area contributed by atoms with E-state index in [-0.39, 0.29) is 6.61 Å². The smallest absolute Gasteiger partial charge is 0.342 e. The van der Waals surface area contributed by atoms with Gasteiger partial charge in [-0.1, -0.05) is 42.5 Å². The molecule has 0 atom stereocenters. The number of fused-ring (bicyclic) bond motifs is 1. The summed E-state index contributed by atoms with van der Waals surface area (Å²) < 4.78 is 5.38. The van der Waals surface area contributed by atoms with Crippen LogP contribution in [0.15, 0.2) is 67.1 Å². The van der Waals surface area contributed by atoms with E-state index >= 15 is 0 Å². The lowest BCUT2D eigenvalue weighted by molar-refractivity contribution is 0.0521. The van der Waals surface area contributed by atoms with Crippen LogP contribution in [0.4, 0.5) is 5.82 Å². The Morgan fingerprint density at radius 3 is 2.74 bits per heavy atom. The van der Waals surface area contributed by atoms with Crippen molar-refractivity contribution in [3.63, 3.8) is 0 Å². The van der Waals surface area contributed by atoms with Crippen LogP contribution in [0, 0.1) is 0 Å². The Bertz CT molecular complexity index is 1060. The second kappa shape index (κ2) is 7.65. The molecular weight excluding hydrogens is 342 g/mol. The molecule has 7 nitrogen and oxygen atoms in total. The fourth-order valence-corrected chi connectivity index (χ4v) is 2.80. The van der Waals surface area contributed by atoms with E-state index in [1.807, 2.05) is 54.6 Å². The molecule has 2 N–H and O–H groups in total. The van der Waals surface area contributed by atoms with E-state index in [1.165, 1.54) is 12.5 Å². The van der Waals surface area contributed by atoms with Crippen LogP contribution in [0.1, 0.15) is 10.4 Å². The highest BCUT2D eigenvalue weighted by Gasteiger charge is 2.16. The van der Waals surface area contributed by atoms with Gasteiger partial charge < -0.3 is 10.1 Å². The minimum absolute atomic E-state index is 0.205. The molecule has 27 heavy (non-hydrogen) atoms. The van der Waals surface area contributed by atoms with Gasteiger partial charge in [-0.15, -0.1) is 0 Å². The number of esters is 1. The normalized spacial score (nSPS) is 10.7. The summed E-state index contributed by atoms with van der Waals surface area (Å²) in [5.74, 6) is 0.293. The maximum absolute atomic E-state index is 12.4. The second-order valence-corrected chi connectivity index (χ2v) is 5.83. The highest BCUT2D eigenvalue weighted by atomic mass is 16.5. The van der Waals surface area contributed by atoms with Crippen LogP contribution >= 0.6 is 0 Å². The number of hydrogen-bond acceptors (Lipinski definition) is 6. The number of nitrogens with one attached hydrogen (secondary N) is 2. The van der Waals surface area contributed by atoms with E-state index in [4.69, 9.17) is 4.74 Å². The summed E-state index contributed by atoms with van der Waals surface area (Å²) in [6.07, 6.45) is 2.99. The monoisotopic (exact) mass is 359 g/mol. The number of ether oxygens (including phenoxy) is 1. The molecule has 0 saturated carbocycles. The van der Waals surface area contributed by atoms with Gasteiger partial charge in [0, 0.05) is 10.9 Å². The van der Waals surface area contributed by atoms with E-state index in [0.717, 1.165) is 16.5 Å². The molecule has 0 amide bonds. The van der Waals surface area contributed by atoms with Crippen LogP contribution in [0.2, 0.25) is 0 Å². The molecule has 0 spiro atoms. The van der Waals surface area contributed by atoms with Gasteiger partial charge in [0.2, 0.25) is 0 Å². The van der Waals surface area contributed by atoms with Gasteiger partial charge >= 0.3 is 5.97 Å². The predicted octanol–water partition coefficient (Wildman–Crippen LogP) is 3.29. The Morgan fingerprint density at radius 2 is 1.85 bits per heavy atom. The van der Waals surface area contributed by atoms with Crippen molar-refractivity contribution >= 4 is 22.7 Å². The van der Waals surface area contributed by atoms with Crippen LogP contribution in [0.3, 0.4) is 0 Å². The Morgan fingerprint density at radius 1 is 1.04 bits per heavy atom. The van der Waals surface area contributed by atoms with Gasteiger partial charge in [-0.05, 0) is 12.1 Å². The molecular formula is C20H17N5O2. The van der Waals surface area contributed by atoms with Crippen LogP contribution < -0.4 is 5.32 Å². The molecule has 0 aliphatic carbocycles. The third-order valence-corrected chi connectivity index (χ3v) is 4.09. The predicted molar refractivity (Wildman–Crippen MR) is 102 cm³/mol. The van der Waals surface area contributed by atoms with Crippen molar-refractivity contribution in [3.8, 4) is 11.3 Å². The Balaban J connectivity index is 1.37. The van der Waals surface area contributed by atoms with Gasteiger partial charge in [0.25, 0.3) is 0 Å². The number of benzene rings is 2. The van der Waals surface area contributed by atoms with Crippen molar-refractivity contribution in [2.24, 2.45) is 0 Å². The topological polar surface area (TPSA) is 92.8 Å². The quantitative estimate of drug-likeness (QED) is 0.405. The highest BCUT2D eigenvalue weighted by Crippen LogP contribution is 2.21. The van der Waals surface area contributed by atoms with Gasteiger partial charge in [0.05, 0.1) is 24.0 Å². The average molecular weight is 359 g/mol. The van der Waals surface area contributed by atoms with E-state index in [0.29, 0.717) is 23.6 Å². The lowest BCUT2D eigenvalue weighted by Gasteiger charge is -2.09. The van der Waals surface area contributed by atoms with Crippen molar-refractivity contribution in [1.82, 2.24) is 20.2 Å². The first-order chi connectivity index (χ1) is 13.3. The molecule has 0 unspecified atom stereocenters. The number of aromatic amines is 1. The molecule has 0 aliphatic rings. The molecule has 7 heteroatoms. The number of aromatic nitrogens is 4. The zero-order chi connectivity index (χ0) is 18.5. The molecule has 4 rings (SSSR count). The largest absolute Gasteiger partial charge is 0.460 e. The molecule has 2 aromatic carbocycles. The third-order valence-electron chi connectivity index (χ3n) is 4.09. The fraction of sp³-hybridized carbons (Fsp3) is 0.100. The molecule has 0 radical (unpaired) electrons. The summed E-state index contributed by atoms with van der Waals surface area (Å²) in [6.45, 7) is 0.641. The van der Waals surface area contributed by atoms with Crippen molar-refractivity contribution in [2.45, 2.75) is 0 Å². The van der Waals surface area contributed by atoms with E-state index in [2.05, 4.69) is 25.5 Å². The summed E-state index contributed by atoms with van der Waals surface area (Å²) in [5, 5.41) is 10.9. The minimum Gasteiger partial charge on any atom is -0.460 e. The summed E-state index contributed by atoms with van der Waals surface area (Å²) >= 11 is 0. The van der Waals surface area contributed by atoms with E-state index < -0.39 is 5.97 Å². The van der Waals surface area contributed by atoms with Gasteiger partial charge in [0.1, 0.15) is 24.3 Å². The van der Waals surface area contributed by atoms with Crippen molar-refractivity contribution in [2.75, 3.05) is 18.5 Å². The number of rotatable bonds is 6. The number of carbonyl (C=O) groups excluding carboxylic acids is 1. The first-order valence-corrected chi connectivity index (χ1v) is 8.52. The standard InChI is InChI=1S/C20H17N5O2/c26-20(16-12-24-25-18(16)14-6-2-1-3-7-14)27-11-10-21-19-15-8-4-5-9-17(15)22-13-23-19/h1-9,12-13H,10-11H2,(H,24,25)(H,21,22,23). The average Bonchev–Trinajstić information content (AvgIpc) is 3.22. The van der Waals surface area contributed by atoms with Crippen LogP contribution in [-0.4, -0.2) is 39.3 Å². The van der Waals surface area contributed by atoms with Gasteiger partial charge in [0.15, 0.2) is 0 Å². The number of anilines is 1. The molecule has 0 saturated heterocycles. The summed E-state index contributed by atoms with van der Waals surface area (Å²) in [5.41, 5.74) is 2.80. The lowest BCUT2D eigenvalue weighted by atomic mass is 10.1. The Kier molecular flexibility index (Phi) is 4.74. The van der Waals surface area contributed by atoms with Crippen molar-refractivity contribution < 1.29 is 9.53 Å². The van der Waals surface area contributed by atoms with E-state index in [9.17, 15) is 4.79 Å². The minimum atomic E-state index is -0.419. The first kappa shape index (κ1) is 16.7. The van der Waals surface area contributed by atoms with E-state index in [1.54, 1.807) is 0 Å². The van der Waals surface area contributed by atoms with Gasteiger partial charge in [-0.25, -0.2) is 14.8 Å². The molecule has 0 bridgehead atoms. The lowest BCUT2D eigenvalue weighted by Crippen LogP contribution is -2.15. The zero-order valence-electron chi connectivity index (χ0n) is 14.4. The highest BCUT2D eigenvalue weighted by molar-refractivity contribution is 5.96. The van der Waals surface area contributed by atoms with Gasteiger partial charge in [-0.2, -0.15) is 5.10 Å². The maximum Gasteiger partial charge on any atom is 0.342 e. The van der Waals surface area contributed by atoms with Crippen LogP contribution in [0.25, 0.3) is 22.2 Å². The summed E-state index contributed by atoms with van der Waals surface area (Å²) in [4.78, 5) is 20.9. The van der Waals surface area contributed by atoms with Crippen LogP contribution in [0.5, 0.6) is 0 Å². The fourth-order valence-electron chi connectivity index (χ4n) is 2.80. The molecule has 2 aromatic heterocycles. The van der Waals surface area contributed by atoms with Crippen LogP contribution in [-0.2, 0) is 4.74 Å².